The molecule has 1 aromatic rings. The van der Waals surface area contributed by atoms with Crippen LogP contribution >= 0.6 is 11.6 Å². The summed E-state index contributed by atoms with van der Waals surface area (Å²) in [7, 11) is 0. The van der Waals surface area contributed by atoms with Gasteiger partial charge >= 0.3 is 5.97 Å². The molecule has 1 amide bonds. The predicted octanol–water partition coefficient (Wildman–Crippen LogP) is 5.20. The van der Waals surface area contributed by atoms with Crippen LogP contribution in [-0.2, 0) is 14.3 Å². The van der Waals surface area contributed by atoms with Crippen LogP contribution in [0.25, 0.3) is 0 Å². The van der Waals surface area contributed by atoms with Crippen molar-refractivity contribution in [3.05, 3.63) is 29.0 Å². The number of nitrogens with one attached hydrogen (secondary N) is 1. The summed E-state index contributed by atoms with van der Waals surface area (Å²) in [6.07, 6.45) is 2.63. The van der Waals surface area contributed by atoms with Gasteiger partial charge in [0.25, 0.3) is 5.91 Å². The number of halogens is 2. The molecule has 26 heavy (non-hydrogen) atoms. The molecule has 0 radical (unpaired) electrons. The van der Waals surface area contributed by atoms with E-state index in [0.717, 1.165) is 31.7 Å². The van der Waals surface area contributed by atoms with Crippen molar-refractivity contribution in [2.45, 2.75) is 59.5 Å². The van der Waals surface area contributed by atoms with Crippen molar-refractivity contribution in [2.24, 2.45) is 17.3 Å². The van der Waals surface area contributed by atoms with Gasteiger partial charge in [0.1, 0.15) is 5.82 Å². The maximum atomic E-state index is 13.1. The fourth-order valence-corrected chi connectivity index (χ4v) is 3.56. The average Bonchev–Trinajstić information content (AvgIpc) is 2.56. The highest BCUT2D eigenvalue weighted by molar-refractivity contribution is 6.33. The molecular formula is C20H27ClFNO3. The van der Waals surface area contributed by atoms with E-state index >= 15 is 0 Å². The van der Waals surface area contributed by atoms with E-state index in [9.17, 15) is 14.0 Å². The molecule has 1 aliphatic rings. The van der Waals surface area contributed by atoms with Crippen LogP contribution in [0.3, 0.4) is 0 Å². The van der Waals surface area contributed by atoms with Gasteiger partial charge in [0.15, 0.2) is 6.10 Å². The topological polar surface area (TPSA) is 55.4 Å². The Morgan fingerprint density at radius 3 is 2.38 bits per heavy atom. The molecule has 1 atom stereocenters. The third-order valence-corrected chi connectivity index (χ3v) is 5.45. The van der Waals surface area contributed by atoms with E-state index in [0.29, 0.717) is 5.92 Å². The minimum atomic E-state index is -0.941. The molecule has 0 spiro atoms. The zero-order chi connectivity index (χ0) is 19.5. The van der Waals surface area contributed by atoms with Crippen LogP contribution in [0.4, 0.5) is 10.1 Å². The first-order chi connectivity index (χ1) is 12.1. The van der Waals surface area contributed by atoms with Gasteiger partial charge in [0.2, 0.25) is 0 Å². The van der Waals surface area contributed by atoms with Crippen molar-refractivity contribution in [3.8, 4) is 0 Å². The summed E-state index contributed by atoms with van der Waals surface area (Å²) in [4.78, 5) is 24.6. The van der Waals surface area contributed by atoms with Gasteiger partial charge in [-0.05, 0) is 62.1 Å². The predicted molar refractivity (Wildman–Crippen MR) is 100 cm³/mol. The Balaban J connectivity index is 1.86. The number of anilines is 1. The molecule has 1 fully saturated rings. The standard InChI is InChI=1S/C20H27ClFNO3/c1-12(18(24)23-17-10-9-15(22)11-16(17)21)26-19(25)13-5-7-14(8-6-13)20(2,3)4/h9-14H,5-8H2,1-4H3,(H,23,24)/t12-,13?,14?/m0/s1. The second-order valence-corrected chi connectivity index (χ2v) is 8.51. The Hall–Kier alpha value is -1.62. The number of carbonyl (C=O) groups is 2. The minimum Gasteiger partial charge on any atom is -0.452 e. The smallest absolute Gasteiger partial charge is 0.309 e. The van der Waals surface area contributed by atoms with Gasteiger partial charge in [0.05, 0.1) is 16.6 Å². The lowest BCUT2D eigenvalue weighted by Crippen LogP contribution is -2.34. The number of ether oxygens (including phenoxy) is 1. The third kappa shape index (κ3) is 5.44. The second-order valence-electron chi connectivity index (χ2n) is 8.11. The normalized spacial score (nSPS) is 21.8. The summed E-state index contributed by atoms with van der Waals surface area (Å²) in [6, 6.07) is 3.69. The lowest BCUT2D eigenvalue weighted by Gasteiger charge is -2.36. The van der Waals surface area contributed by atoms with E-state index in [1.807, 2.05) is 0 Å². The number of amides is 1. The average molecular weight is 384 g/mol. The number of benzene rings is 1. The molecule has 0 aromatic heterocycles. The van der Waals surface area contributed by atoms with Crippen LogP contribution < -0.4 is 5.32 Å². The Kier molecular flexibility index (Phi) is 6.67. The second kappa shape index (κ2) is 8.38. The third-order valence-electron chi connectivity index (χ3n) is 5.14. The molecule has 4 nitrogen and oxygen atoms in total. The first-order valence-corrected chi connectivity index (χ1v) is 9.42. The number of carbonyl (C=O) groups excluding carboxylic acids is 2. The van der Waals surface area contributed by atoms with Gasteiger partial charge < -0.3 is 10.1 Å². The van der Waals surface area contributed by atoms with Crippen LogP contribution in [0.5, 0.6) is 0 Å². The summed E-state index contributed by atoms with van der Waals surface area (Å²) in [6.45, 7) is 8.20. The lowest BCUT2D eigenvalue weighted by atomic mass is 9.70. The van der Waals surface area contributed by atoms with Crippen molar-refractivity contribution in [1.82, 2.24) is 0 Å². The number of hydrogen-bond acceptors (Lipinski definition) is 3. The summed E-state index contributed by atoms with van der Waals surface area (Å²) < 4.78 is 18.4. The van der Waals surface area contributed by atoms with E-state index < -0.39 is 17.8 Å². The molecule has 2 rings (SSSR count). The molecule has 0 heterocycles. The van der Waals surface area contributed by atoms with Gasteiger partial charge in [-0.3, -0.25) is 9.59 Å². The van der Waals surface area contributed by atoms with Gasteiger partial charge in [-0.15, -0.1) is 0 Å². The molecule has 1 N–H and O–H groups in total. The van der Waals surface area contributed by atoms with Crippen molar-refractivity contribution in [1.29, 1.82) is 0 Å². The van der Waals surface area contributed by atoms with E-state index in [4.69, 9.17) is 16.3 Å². The highest BCUT2D eigenvalue weighted by Gasteiger charge is 2.34. The first-order valence-electron chi connectivity index (χ1n) is 9.04. The van der Waals surface area contributed by atoms with Crippen LogP contribution in [-0.4, -0.2) is 18.0 Å². The fourth-order valence-electron chi connectivity index (χ4n) is 3.34. The highest BCUT2D eigenvalue weighted by Crippen LogP contribution is 2.40. The molecule has 1 aliphatic carbocycles. The van der Waals surface area contributed by atoms with Crippen molar-refractivity contribution < 1.29 is 18.7 Å². The molecule has 1 saturated carbocycles. The SMILES string of the molecule is C[C@H](OC(=O)C1CCC(C(C)(C)C)CC1)C(=O)Nc1ccc(F)cc1Cl. The molecule has 0 aliphatic heterocycles. The monoisotopic (exact) mass is 383 g/mol. The molecular weight excluding hydrogens is 357 g/mol. The minimum absolute atomic E-state index is 0.0948. The Morgan fingerprint density at radius 2 is 1.85 bits per heavy atom. The van der Waals surface area contributed by atoms with Gasteiger partial charge in [0, 0.05) is 0 Å². The van der Waals surface area contributed by atoms with E-state index in [-0.39, 0.29) is 28.0 Å². The van der Waals surface area contributed by atoms with Gasteiger partial charge in [-0.25, -0.2) is 4.39 Å². The van der Waals surface area contributed by atoms with Gasteiger partial charge in [-0.1, -0.05) is 32.4 Å². The highest BCUT2D eigenvalue weighted by atomic mass is 35.5. The molecule has 0 unspecified atom stereocenters. The lowest BCUT2D eigenvalue weighted by molar-refractivity contribution is -0.158. The van der Waals surface area contributed by atoms with Crippen LogP contribution in [0, 0.1) is 23.1 Å². The van der Waals surface area contributed by atoms with Crippen LogP contribution in [0.2, 0.25) is 5.02 Å². The number of hydrogen-bond donors (Lipinski definition) is 1. The fraction of sp³-hybridized carbons (Fsp3) is 0.600. The largest absolute Gasteiger partial charge is 0.452 e. The molecule has 6 heteroatoms. The van der Waals surface area contributed by atoms with Crippen LogP contribution in [0.1, 0.15) is 53.4 Å². The van der Waals surface area contributed by atoms with Gasteiger partial charge in [-0.2, -0.15) is 0 Å². The first kappa shape index (κ1) is 20.7. The maximum absolute atomic E-state index is 13.1. The van der Waals surface area contributed by atoms with Crippen LogP contribution in [0.15, 0.2) is 18.2 Å². The molecule has 0 bridgehead atoms. The van der Waals surface area contributed by atoms with Crippen molar-refractivity contribution in [2.75, 3.05) is 5.32 Å². The van der Waals surface area contributed by atoms with Crippen molar-refractivity contribution in [3.63, 3.8) is 0 Å². The zero-order valence-corrected chi connectivity index (χ0v) is 16.5. The van der Waals surface area contributed by atoms with E-state index in [1.165, 1.54) is 19.1 Å². The number of esters is 1. The number of rotatable bonds is 4. The quantitative estimate of drug-likeness (QED) is 0.727. The summed E-state index contributed by atoms with van der Waals surface area (Å²) >= 11 is 5.89. The molecule has 0 saturated heterocycles. The molecule has 1 aromatic carbocycles. The van der Waals surface area contributed by atoms with Crippen molar-refractivity contribution >= 4 is 29.2 Å². The summed E-state index contributed by atoms with van der Waals surface area (Å²) in [5, 5.41) is 2.65. The Bertz CT molecular complexity index is 664. The summed E-state index contributed by atoms with van der Waals surface area (Å²) in [5.41, 5.74) is 0.530. The maximum Gasteiger partial charge on any atom is 0.309 e. The van der Waals surface area contributed by atoms with E-state index in [1.54, 1.807) is 0 Å². The Morgan fingerprint density at radius 1 is 1.23 bits per heavy atom. The zero-order valence-electron chi connectivity index (χ0n) is 15.8. The summed E-state index contributed by atoms with van der Waals surface area (Å²) in [5.74, 6) is -0.857. The molecule has 144 valence electrons. The Labute approximate surface area is 159 Å². The van der Waals surface area contributed by atoms with E-state index in [2.05, 4.69) is 26.1 Å².